The highest BCUT2D eigenvalue weighted by molar-refractivity contribution is 8.13. The van der Waals surface area contributed by atoms with Crippen LogP contribution < -0.4 is 0 Å². The van der Waals surface area contributed by atoms with Gasteiger partial charge in [0.05, 0.1) is 6.54 Å². The lowest BCUT2D eigenvalue weighted by Crippen LogP contribution is -2.32. The highest BCUT2D eigenvalue weighted by atomic mass is 32.2. The van der Waals surface area contributed by atoms with Gasteiger partial charge in [0.2, 0.25) is 0 Å². The number of thioether (sulfide) groups is 1. The van der Waals surface area contributed by atoms with Crippen LogP contribution in [-0.2, 0) is 5.75 Å². The first-order chi connectivity index (χ1) is 10.7. The summed E-state index contributed by atoms with van der Waals surface area (Å²) >= 11 is 1.59. The van der Waals surface area contributed by atoms with Gasteiger partial charge in [-0.05, 0) is 30.7 Å². The van der Waals surface area contributed by atoms with Crippen molar-refractivity contribution in [2.45, 2.75) is 12.7 Å². The van der Waals surface area contributed by atoms with Crippen molar-refractivity contribution in [3.63, 3.8) is 0 Å². The minimum atomic E-state index is 0.0265. The van der Waals surface area contributed by atoms with E-state index in [1.54, 1.807) is 22.9 Å². The van der Waals surface area contributed by atoms with Crippen molar-refractivity contribution < 1.29 is 4.79 Å². The van der Waals surface area contributed by atoms with Crippen molar-refractivity contribution in [3.8, 4) is 0 Å². The summed E-state index contributed by atoms with van der Waals surface area (Å²) in [5.41, 5.74) is 2.94. The molecule has 0 fully saturated rings. The fraction of sp³-hybridized carbons (Fsp3) is 0.235. The Morgan fingerprint density at radius 3 is 3.00 bits per heavy atom. The number of aromatic nitrogens is 1. The van der Waals surface area contributed by atoms with E-state index in [4.69, 9.17) is 0 Å². The zero-order valence-corrected chi connectivity index (χ0v) is 13.2. The maximum Gasteiger partial charge on any atom is 0.259 e. The molecule has 22 heavy (non-hydrogen) atoms. The van der Waals surface area contributed by atoms with Gasteiger partial charge in [-0.2, -0.15) is 0 Å². The molecule has 0 saturated carbocycles. The van der Waals surface area contributed by atoms with Crippen LogP contribution in [0.1, 0.15) is 21.5 Å². The third kappa shape index (κ3) is 3.36. The molecule has 4 nitrogen and oxygen atoms in total. The minimum Gasteiger partial charge on any atom is -0.286 e. The van der Waals surface area contributed by atoms with Crippen molar-refractivity contribution >= 4 is 22.8 Å². The maximum absolute atomic E-state index is 12.6. The third-order valence-electron chi connectivity index (χ3n) is 3.40. The normalized spacial score (nSPS) is 14.0. The van der Waals surface area contributed by atoms with Crippen molar-refractivity contribution in [2.75, 3.05) is 13.1 Å². The second kappa shape index (κ2) is 6.75. The Kier molecular flexibility index (Phi) is 4.53. The number of rotatable bonds is 3. The molecule has 1 amide bonds. The van der Waals surface area contributed by atoms with Gasteiger partial charge in [-0.15, -0.1) is 0 Å². The Morgan fingerprint density at radius 1 is 1.32 bits per heavy atom. The summed E-state index contributed by atoms with van der Waals surface area (Å²) in [7, 11) is 0. The van der Waals surface area contributed by atoms with Gasteiger partial charge in [0.15, 0.2) is 5.17 Å². The second-order valence-corrected chi connectivity index (χ2v) is 6.08. The molecule has 1 aromatic heterocycles. The molecule has 0 spiro atoms. The van der Waals surface area contributed by atoms with Gasteiger partial charge in [-0.25, -0.2) is 0 Å². The van der Waals surface area contributed by atoms with Crippen LogP contribution in [0.2, 0.25) is 0 Å². The average molecular weight is 311 g/mol. The van der Waals surface area contributed by atoms with Crippen LogP contribution in [-0.4, -0.2) is 34.0 Å². The lowest BCUT2D eigenvalue weighted by atomic mass is 10.1. The molecular weight excluding hydrogens is 294 g/mol. The number of hydrogen-bond donors (Lipinski definition) is 0. The first-order valence-corrected chi connectivity index (χ1v) is 8.17. The Labute approximate surface area is 134 Å². The van der Waals surface area contributed by atoms with Crippen LogP contribution in [0, 0.1) is 6.92 Å². The van der Waals surface area contributed by atoms with Crippen LogP contribution >= 0.6 is 11.8 Å². The summed E-state index contributed by atoms with van der Waals surface area (Å²) < 4.78 is 0. The van der Waals surface area contributed by atoms with Gasteiger partial charge in [0, 0.05) is 30.3 Å². The molecular formula is C17H17N3OS. The predicted octanol–water partition coefficient (Wildman–Crippen LogP) is 3.14. The summed E-state index contributed by atoms with van der Waals surface area (Å²) in [6, 6.07) is 11.6. The van der Waals surface area contributed by atoms with Gasteiger partial charge in [0.25, 0.3) is 5.91 Å². The minimum absolute atomic E-state index is 0.0265. The van der Waals surface area contributed by atoms with Crippen LogP contribution in [0.5, 0.6) is 0 Å². The highest BCUT2D eigenvalue weighted by Crippen LogP contribution is 2.21. The number of carbonyl (C=O) groups excluding carboxylic acids is 1. The van der Waals surface area contributed by atoms with Gasteiger partial charge in [-0.1, -0.05) is 35.5 Å². The van der Waals surface area contributed by atoms with E-state index in [0.29, 0.717) is 13.1 Å². The van der Waals surface area contributed by atoms with Crippen molar-refractivity contribution in [2.24, 2.45) is 4.99 Å². The van der Waals surface area contributed by atoms with E-state index in [9.17, 15) is 4.79 Å². The Balaban J connectivity index is 1.69. The van der Waals surface area contributed by atoms with Gasteiger partial charge in [0.1, 0.15) is 0 Å². The summed E-state index contributed by atoms with van der Waals surface area (Å²) in [5.74, 6) is 0.795. The van der Waals surface area contributed by atoms with Crippen molar-refractivity contribution in [3.05, 3.63) is 65.5 Å². The molecule has 2 aromatic rings. The van der Waals surface area contributed by atoms with Crippen LogP contribution in [0.25, 0.3) is 0 Å². The fourth-order valence-corrected chi connectivity index (χ4v) is 3.28. The number of aliphatic imine (C=N–C) groups is 1. The molecule has 3 rings (SSSR count). The molecule has 1 aliphatic rings. The first-order valence-electron chi connectivity index (χ1n) is 7.19. The van der Waals surface area contributed by atoms with E-state index >= 15 is 0 Å². The first kappa shape index (κ1) is 14.8. The molecule has 112 valence electrons. The quantitative estimate of drug-likeness (QED) is 0.875. The molecule has 1 aliphatic heterocycles. The smallest absolute Gasteiger partial charge is 0.259 e. The molecule has 0 radical (unpaired) electrons. The lowest BCUT2D eigenvalue weighted by Gasteiger charge is -2.18. The highest BCUT2D eigenvalue weighted by Gasteiger charge is 2.25. The Bertz CT molecular complexity index is 700. The van der Waals surface area contributed by atoms with E-state index < -0.39 is 0 Å². The summed E-state index contributed by atoms with van der Waals surface area (Å²) in [4.78, 5) is 23.0. The van der Waals surface area contributed by atoms with Gasteiger partial charge >= 0.3 is 0 Å². The number of carbonyl (C=O) groups is 1. The average Bonchev–Trinajstić information content (AvgIpc) is 3.01. The number of hydrogen-bond acceptors (Lipinski definition) is 4. The van der Waals surface area contributed by atoms with E-state index in [1.165, 1.54) is 0 Å². The van der Waals surface area contributed by atoms with E-state index in [2.05, 4.69) is 9.98 Å². The van der Waals surface area contributed by atoms with Crippen molar-refractivity contribution in [1.82, 2.24) is 9.88 Å². The van der Waals surface area contributed by atoms with E-state index in [0.717, 1.165) is 27.6 Å². The maximum atomic E-state index is 12.6. The standard InChI is InChI=1S/C17H17N3OS/c1-13-4-2-6-15(10-13)16(21)20-9-8-19-17(20)22-12-14-5-3-7-18-11-14/h2-7,10-11H,8-9,12H2,1H3. The number of amides is 1. The van der Waals surface area contributed by atoms with E-state index in [1.807, 2.05) is 49.5 Å². The molecule has 0 unspecified atom stereocenters. The molecule has 1 aromatic carbocycles. The number of pyridine rings is 1. The SMILES string of the molecule is Cc1cccc(C(=O)N2CCN=C2SCc2cccnc2)c1. The fourth-order valence-electron chi connectivity index (χ4n) is 2.30. The lowest BCUT2D eigenvalue weighted by molar-refractivity contribution is 0.0860. The largest absolute Gasteiger partial charge is 0.286 e. The number of nitrogens with zero attached hydrogens (tertiary/aromatic N) is 3. The molecule has 5 heteroatoms. The summed E-state index contributed by atoms with van der Waals surface area (Å²) in [6.45, 7) is 3.32. The van der Waals surface area contributed by atoms with Crippen molar-refractivity contribution in [1.29, 1.82) is 0 Å². The van der Waals surface area contributed by atoms with Crippen LogP contribution in [0.4, 0.5) is 0 Å². The topological polar surface area (TPSA) is 45.6 Å². The predicted molar refractivity (Wildman–Crippen MR) is 90.0 cm³/mol. The zero-order chi connectivity index (χ0) is 15.4. The van der Waals surface area contributed by atoms with E-state index in [-0.39, 0.29) is 5.91 Å². The van der Waals surface area contributed by atoms with Crippen LogP contribution in [0.15, 0.2) is 53.8 Å². The summed E-state index contributed by atoms with van der Waals surface area (Å²) in [6.07, 6.45) is 3.60. The molecule has 0 saturated heterocycles. The number of amidine groups is 1. The Hall–Kier alpha value is -2.14. The zero-order valence-electron chi connectivity index (χ0n) is 12.4. The van der Waals surface area contributed by atoms with Crippen LogP contribution in [0.3, 0.4) is 0 Å². The summed E-state index contributed by atoms with van der Waals surface area (Å²) in [5, 5.41) is 0.801. The van der Waals surface area contributed by atoms with Gasteiger partial charge < -0.3 is 0 Å². The van der Waals surface area contributed by atoms with Gasteiger partial charge in [-0.3, -0.25) is 19.7 Å². The number of benzene rings is 1. The third-order valence-corrected chi connectivity index (χ3v) is 4.49. The molecule has 2 heterocycles. The second-order valence-electron chi connectivity index (χ2n) is 5.14. The Morgan fingerprint density at radius 2 is 2.23 bits per heavy atom. The molecule has 0 N–H and O–H groups in total. The number of aryl methyl sites for hydroxylation is 1. The molecule has 0 atom stereocenters. The molecule has 0 aliphatic carbocycles. The molecule has 0 bridgehead atoms. The monoisotopic (exact) mass is 311 g/mol.